The number of carbonyl (C=O) groups excluding carboxylic acids is 2. The number of ketones is 1. The number of hydrogen-bond donors (Lipinski definition) is 1. The highest BCUT2D eigenvalue weighted by Crippen LogP contribution is 2.42. The Morgan fingerprint density at radius 3 is 2.54 bits per heavy atom. The first kappa shape index (κ1) is 30.4. The van der Waals surface area contributed by atoms with Crippen LogP contribution in [0.5, 0.6) is 17.2 Å². The molecule has 2 heterocycles. The number of hydrogen-bond acceptors (Lipinski definition) is 8. The monoisotopic (exact) mass is 566 g/mol. The SMILES string of the molecule is CCOc1cccc(C(O)=C2C(=O)C(=O)N(CCCN3CCOCC3)C2c2ccc(OCCC(C)C)c(OC)c2)c1. The fraction of sp³-hybridized carbons (Fsp3) is 0.500. The van der Waals surface area contributed by atoms with Gasteiger partial charge in [0.1, 0.15) is 11.5 Å². The topological polar surface area (TPSA) is 97.8 Å². The van der Waals surface area contributed by atoms with E-state index in [1.807, 2.05) is 13.0 Å². The van der Waals surface area contributed by atoms with E-state index in [0.717, 1.165) is 26.1 Å². The van der Waals surface area contributed by atoms with Crippen molar-refractivity contribution in [2.45, 2.75) is 39.7 Å². The van der Waals surface area contributed by atoms with Gasteiger partial charge in [-0.2, -0.15) is 0 Å². The average Bonchev–Trinajstić information content (AvgIpc) is 3.22. The maximum atomic E-state index is 13.5. The molecular formula is C32H42N2O7. The van der Waals surface area contributed by atoms with Crippen LogP contribution in [0.15, 0.2) is 48.0 Å². The highest BCUT2D eigenvalue weighted by atomic mass is 16.5. The first-order chi connectivity index (χ1) is 19.8. The number of Topliss-reactive ketones (excluding diaryl/α,β-unsaturated/α-hetero) is 1. The number of benzene rings is 2. The summed E-state index contributed by atoms with van der Waals surface area (Å²) in [4.78, 5) is 30.8. The van der Waals surface area contributed by atoms with E-state index in [9.17, 15) is 14.7 Å². The van der Waals surface area contributed by atoms with Crippen LogP contribution in [0.3, 0.4) is 0 Å². The molecule has 2 aromatic carbocycles. The smallest absolute Gasteiger partial charge is 0.295 e. The van der Waals surface area contributed by atoms with Gasteiger partial charge in [-0.25, -0.2) is 0 Å². The Balaban J connectivity index is 1.70. The number of morpholine rings is 1. The van der Waals surface area contributed by atoms with E-state index in [-0.39, 0.29) is 11.3 Å². The van der Waals surface area contributed by atoms with E-state index in [0.29, 0.717) is 73.7 Å². The maximum Gasteiger partial charge on any atom is 0.295 e. The number of nitrogens with zero attached hydrogens (tertiary/aromatic N) is 2. The van der Waals surface area contributed by atoms with E-state index < -0.39 is 17.7 Å². The molecular weight excluding hydrogens is 524 g/mol. The van der Waals surface area contributed by atoms with Crippen molar-refractivity contribution < 1.29 is 33.6 Å². The predicted octanol–water partition coefficient (Wildman–Crippen LogP) is 4.66. The minimum atomic E-state index is -0.783. The van der Waals surface area contributed by atoms with Crippen LogP contribution in [0.2, 0.25) is 0 Å². The Labute approximate surface area is 242 Å². The van der Waals surface area contributed by atoms with Crippen LogP contribution in [-0.2, 0) is 14.3 Å². The molecule has 0 saturated carbocycles. The molecule has 2 aromatic rings. The molecule has 0 bridgehead atoms. The molecule has 0 radical (unpaired) electrons. The van der Waals surface area contributed by atoms with Crippen molar-refractivity contribution in [3.8, 4) is 17.2 Å². The maximum absolute atomic E-state index is 13.5. The fourth-order valence-corrected chi connectivity index (χ4v) is 5.18. The third-order valence-corrected chi connectivity index (χ3v) is 7.39. The number of carbonyl (C=O) groups is 2. The molecule has 1 amide bonds. The van der Waals surface area contributed by atoms with E-state index in [1.165, 1.54) is 0 Å². The lowest BCUT2D eigenvalue weighted by atomic mass is 9.95. The van der Waals surface area contributed by atoms with Gasteiger partial charge in [0, 0.05) is 31.7 Å². The van der Waals surface area contributed by atoms with Crippen LogP contribution in [0.4, 0.5) is 0 Å². The highest BCUT2D eigenvalue weighted by Gasteiger charge is 2.46. The molecule has 2 aliphatic heterocycles. The molecule has 1 N–H and O–H groups in total. The van der Waals surface area contributed by atoms with Gasteiger partial charge in [-0.15, -0.1) is 0 Å². The molecule has 2 saturated heterocycles. The zero-order valence-electron chi connectivity index (χ0n) is 24.6. The summed E-state index contributed by atoms with van der Waals surface area (Å²) in [5, 5.41) is 11.5. The summed E-state index contributed by atoms with van der Waals surface area (Å²) >= 11 is 0. The molecule has 4 rings (SSSR count). The van der Waals surface area contributed by atoms with E-state index in [4.69, 9.17) is 18.9 Å². The number of aliphatic hydroxyl groups is 1. The first-order valence-corrected chi connectivity index (χ1v) is 14.5. The summed E-state index contributed by atoms with van der Waals surface area (Å²) in [7, 11) is 1.56. The lowest BCUT2D eigenvalue weighted by Crippen LogP contribution is -2.39. The second kappa shape index (κ2) is 14.4. The van der Waals surface area contributed by atoms with Gasteiger partial charge in [0.2, 0.25) is 0 Å². The van der Waals surface area contributed by atoms with Gasteiger partial charge in [-0.05, 0) is 55.5 Å². The Morgan fingerprint density at radius 2 is 1.83 bits per heavy atom. The van der Waals surface area contributed by atoms with Gasteiger partial charge in [0.15, 0.2) is 11.5 Å². The molecule has 0 spiro atoms. The van der Waals surface area contributed by atoms with Gasteiger partial charge >= 0.3 is 0 Å². The Kier molecular flexibility index (Phi) is 10.7. The van der Waals surface area contributed by atoms with Crippen LogP contribution in [0.25, 0.3) is 5.76 Å². The minimum Gasteiger partial charge on any atom is -0.507 e. The van der Waals surface area contributed by atoms with Crippen molar-refractivity contribution >= 4 is 17.4 Å². The van der Waals surface area contributed by atoms with Crippen molar-refractivity contribution in [1.82, 2.24) is 9.80 Å². The lowest BCUT2D eigenvalue weighted by molar-refractivity contribution is -0.140. The van der Waals surface area contributed by atoms with Crippen LogP contribution >= 0.6 is 0 Å². The Morgan fingerprint density at radius 1 is 1.05 bits per heavy atom. The summed E-state index contributed by atoms with van der Waals surface area (Å²) in [6, 6.07) is 11.6. The minimum absolute atomic E-state index is 0.0468. The van der Waals surface area contributed by atoms with Crippen LogP contribution in [0.1, 0.15) is 50.8 Å². The zero-order valence-corrected chi connectivity index (χ0v) is 24.6. The van der Waals surface area contributed by atoms with Gasteiger partial charge in [-0.3, -0.25) is 14.5 Å². The van der Waals surface area contributed by atoms with Crippen molar-refractivity contribution in [1.29, 1.82) is 0 Å². The number of likely N-dealkylation sites (tertiary alicyclic amines) is 1. The van der Waals surface area contributed by atoms with Crippen molar-refractivity contribution in [3.05, 3.63) is 59.2 Å². The van der Waals surface area contributed by atoms with Crippen molar-refractivity contribution in [2.24, 2.45) is 5.92 Å². The van der Waals surface area contributed by atoms with Gasteiger partial charge in [-0.1, -0.05) is 32.0 Å². The van der Waals surface area contributed by atoms with Gasteiger partial charge in [0.25, 0.3) is 11.7 Å². The number of aliphatic hydroxyl groups excluding tert-OH is 1. The molecule has 9 nitrogen and oxygen atoms in total. The molecule has 1 unspecified atom stereocenters. The van der Waals surface area contributed by atoms with E-state index in [1.54, 1.807) is 48.4 Å². The third-order valence-electron chi connectivity index (χ3n) is 7.39. The summed E-state index contributed by atoms with van der Waals surface area (Å²) in [6.45, 7) is 11.4. The average molecular weight is 567 g/mol. The largest absolute Gasteiger partial charge is 0.507 e. The number of ether oxygens (including phenoxy) is 4. The van der Waals surface area contributed by atoms with E-state index in [2.05, 4.69) is 18.7 Å². The second-order valence-electron chi connectivity index (χ2n) is 10.7. The van der Waals surface area contributed by atoms with E-state index >= 15 is 0 Å². The molecule has 9 heteroatoms. The van der Waals surface area contributed by atoms with Gasteiger partial charge < -0.3 is 29.0 Å². The number of methoxy groups -OCH3 is 1. The fourth-order valence-electron chi connectivity index (χ4n) is 5.18. The third kappa shape index (κ3) is 7.40. The molecule has 222 valence electrons. The molecule has 0 aliphatic carbocycles. The Hall–Kier alpha value is -3.56. The number of amides is 1. The normalized spacial score (nSPS) is 19.1. The number of rotatable bonds is 13. The molecule has 2 fully saturated rings. The quantitative estimate of drug-likeness (QED) is 0.212. The second-order valence-corrected chi connectivity index (χ2v) is 10.7. The van der Waals surface area contributed by atoms with Crippen LogP contribution in [-0.4, -0.2) is 86.3 Å². The van der Waals surface area contributed by atoms with Gasteiger partial charge in [0.05, 0.1) is 45.2 Å². The lowest BCUT2D eigenvalue weighted by Gasteiger charge is -2.29. The molecule has 41 heavy (non-hydrogen) atoms. The van der Waals surface area contributed by atoms with Crippen molar-refractivity contribution in [3.63, 3.8) is 0 Å². The molecule has 2 aliphatic rings. The summed E-state index contributed by atoms with van der Waals surface area (Å²) in [5.74, 6) is 0.583. The zero-order chi connectivity index (χ0) is 29.4. The van der Waals surface area contributed by atoms with Crippen LogP contribution in [0, 0.1) is 5.92 Å². The first-order valence-electron chi connectivity index (χ1n) is 14.5. The Bertz CT molecular complexity index is 1240. The highest BCUT2D eigenvalue weighted by molar-refractivity contribution is 6.46. The predicted molar refractivity (Wildman–Crippen MR) is 156 cm³/mol. The standard InChI is InChI=1S/C32H42N2O7/c1-5-40-25-9-6-8-24(20-25)30(35)28-29(23-10-11-26(27(21-23)38-4)41-17-12-22(2)3)34(32(37)31(28)36)14-7-13-33-15-18-39-19-16-33/h6,8-11,20-22,29,35H,5,7,12-19H2,1-4H3. The van der Waals surface area contributed by atoms with Crippen molar-refractivity contribution in [2.75, 3.05) is 59.7 Å². The summed E-state index contributed by atoms with van der Waals surface area (Å²) < 4.78 is 22.7. The molecule has 1 atom stereocenters. The molecule has 0 aromatic heterocycles. The summed E-state index contributed by atoms with van der Waals surface area (Å²) in [6.07, 6.45) is 1.58. The van der Waals surface area contributed by atoms with Crippen LogP contribution < -0.4 is 14.2 Å². The summed E-state index contributed by atoms with van der Waals surface area (Å²) in [5.41, 5.74) is 1.12.